The summed E-state index contributed by atoms with van der Waals surface area (Å²) in [4.78, 5) is 26.5. The molecule has 4 heteroatoms. The Labute approximate surface area is 89.8 Å². The maximum atomic E-state index is 9.86. The van der Waals surface area contributed by atoms with Gasteiger partial charge in [0.25, 0.3) is 0 Å². The van der Waals surface area contributed by atoms with Crippen molar-refractivity contribution < 1.29 is 9.59 Å². The molecular formula is C11H16N2O2. The van der Waals surface area contributed by atoms with Crippen molar-refractivity contribution in [2.24, 2.45) is 9.98 Å². The molecule has 0 heterocycles. The standard InChI is InChI=1S/C11H16N2O2/c1-11(13-10-15)7-5-3-2-4-6-8-12-9-14/h1-8H2. The zero-order valence-corrected chi connectivity index (χ0v) is 8.87. The van der Waals surface area contributed by atoms with Gasteiger partial charge < -0.3 is 0 Å². The van der Waals surface area contributed by atoms with Gasteiger partial charge in [-0.15, -0.1) is 0 Å². The topological polar surface area (TPSA) is 58.9 Å². The van der Waals surface area contributed by atoms with Crippen molar-refractivity contribution in [1.82, 2.24) is 0 Å². The summed E-state index contributed by atoms with van der Waals surface area (Å²) in [5.41, 5.74) is 0.593. The summed E-state index contributed by atoms with van der Waals surface area (Å²) in [5, 5.41) is 0. The molecule has 0 N–H and O–H groups in total. The Bertz CT molecular complexity index is 274. The molecule has 0 unspecified atom stereocenters. The van der Waals surface area contributed by atoms with E-state index in [0.29, 0.717) is 12.2 Å². The number of aliphatic imine (C=N–C) groups is 2. The summed E-state index contributed by atoms with van der Waals surface area (Å²) in [6, 6.07) is 0. The molecule has 0 aromatic heterocycles. The molecule has 0 radical (unpaired) electrons. The molecule has 0 aliphatic rings. The zero-order chi connectivity index (χ0) is 11.4. The van der Waals surface area contributed by atoms with Crippen molar-refractivity contribution in [2.75, 3.05) is 6.54 Å². The fourth-order valence-electron chi connectivity index (χ4n) is 1.22. The second-order valence-corrected chi connectivity index (χ2v) is 3.26. The van der Waals surface area contributed by atoms with Crippen molar-refractivity contribution in [3.05, 3.63) is 12.3 Å². The lowest BCUT2D eigenvalue weighted by Crippen LogP contribution is -1.84. The molecule has 0 bridgehead atoms. The van der Waals surface area contributed by atoms with Gasteiger partial charge >= 0.3 is 0 Å². The van der Waals surface area contributed by atoms with Crippen molar-refractivity contribution in [2.45, 2.75) is 38.5 Å². The molecule has 0 saturated heterocycles. The van der Waals surface area contributed by atoms with Gasteiger partial charge in [-0.2, -0.15) is 4.99 Å². The van der Waals surface area contributed by atoms with Crippen LogP contribution in [0.5, 0.6) is 0 Å². The Kier molecular flexibility index (Phi) is 9.52. The molecule has 15 heavy (non-hydrogen) atoms. The molecule has 0 aliphatic carbocycles. The van der Waals surface area contributed by atoms with Gasteiger partial charge in [0.15, 0.2) is 0 Å². The van der Waals surface area contributed by atoms with Crippen LogP contribution in [0.15, 0.2) is 22.3 Å². The van der Waals surface area contributed by atoms with Crippen LogP contribution in [0.4, 0.5) is 0 Å². The fraction of sp³-hybridized carbons (Fsp3) is 0.636. The van der Waals surface area contributed by atoms with E-state index in [4.69, 9.17) is 0 Å². The molecule has 0 aromatic rings. The van der Waals surface area contributed by atoms with Gasteiger partial charge in [0.1, 0.15) is 0 Å². The SMILES string of the molecule is C=C(CCCCCCCN=C=O)N=C=O. The number of hydrogen-bond donors (Lipinski definition) is 0. The molecule has 4 nitrogen and oxygen atoms in total. The number of hydrogen-bond acceptors (Lipinski definition) is 4. The Hall–Kier alpha value is -1.50. The van der Waals surface area contributed by atoms with Crippen LogP contribution in [0.25, 0.3) is 0 Å². The first-order chi connectivity index (χ1) is 7.31. The Morgan fingerprint density at radius 1 is 1.00 bits per heavy atom. The van der Waals surface area contributed by atoms with E-state index < -0.39 is 0 Å². The molecule has 0 fully saturated rings. The van der Waals surface area contributed by atoms with E-state index in [9.17, 15) is 9.59 Å². The van der Waals surface area contributed by atoms with Crippen LogP contribution in [0, 0.1) is 0 Å². The van der Waals surface area contributed by atoms with Gasteiger partial charge in [0.2, 0.25) is 12.2 Å². The largest absolute Gasteiger partial charge is 0.240 e. The number of carbonyl (C=O) groups excluding carboxylic acids is 2. The average Bonchev–Trinajstić information content (AvgIpc) is 2.22. The number of nitrogens with zero attached hydrogens (tertiary/aromatic N) is 2. The Morgan fingerprint density at radius 2 is 1.67 bits per heavy atom. The van der Waals surface area contributed by atoms with E-state index in [0.717, 1.165) is 38.5 Å². The molecular weight excluding hydrogens is 192 g/mol. The normalized spacial score (nSPS) is 8.80. The van der Waals surface area contributed by atoms with Crippen molar-refractivity contribution in [3.63, 3.8) is 0 Å². The quantitative estimate of drug-likeness (QED) is 0.332. The number of allylic oxidation sites excluding steroid dienone is 1. The predicted molar refractivity (Wildman–Crippen MR) is 58.0 cm³/mol. The van der Waals surface area contributed by atoms with Crippen molar-refractivity contribution in [3.8, 4) is 0 Å². The van der Waals surface area contributed by atoms with E-state index in [1.165, 1.54) is 12.2 Å². The minimum Gasteiger partial charge on any atom is -0.211 e. The number of rotatable bonds is 9. The predicted octanol–water partition coefficient (Wildman–Crippen LogP) is 2.51. The Morgan fingerprint density at radius 3 is 2.33 bits per heavy atom. The molecule has 0 saturated carbocycles. The smallest absolute Gasteiger partial charge is 0.211 e. The minimum atomic E-state index is 0.575. The molecule has 0 rings (SSSR count). The van der Waals surface area contributed by atoms with Gasteiger partial charge in [-0.1, -0.05) is 25.8 Å². The molecule has 0 spiro atoms. The molecule has 82 valence electrons. The van der Waals surface area contributed by atoms with Crippen LogP contribution in [-0.4, -0.2) is 18.7 Å². The van der Waals surface area contributed by atoms with E-state index in [-0.39, 0.29) is 0 Å². The van der Waals surface area contributed by atoms with Gasteiger partial charge in [-0.05, 0) is 19.3 Å². The molecule has 0 atom stereocenters. The second kappa shape index (κ2) is 10.6. The summed E-state index contributed by atoms with van der Waals surface area (Å²) < 4.78 is 0. The molecule has 0 amide bonds. The highest BCUT2D eigenvalue weighted by Gasteiger charge is 1.93. The van der Waals surface area contributed by atoms with E-state index >= 15 is 0 Å². The van der Waals surface area contributed by atoms with Crippen LogP contribution in [0.3, 0.4) is 0 Å². The third-order valence-electron chi connectivity index (χ3n) is 2.00. The van der Waals surface area contributed by atoms with E-state index in [1.807, 2.05) is 0 Å². The number of unbranched alkanes of at least 4 members (excludes halogenated alkanes) is 4. The van der Waals surface area contributed by atoms with E-state index in [1.54, 1.807) is 0 Å². The summed E-state index contributed by atoms with van der Waals surface area (Å²) in [6.07, 6.45) is 8.90. The first-order valence-corrected chi connectivity index (χ1v) is 5.10. The first kappa shape index (κ1) is 13.5. The summed E-state index contributed by atoms with van der Waals surface area (Å²) >= 11 is 0. The third kappa shape index (κ3) is 10.4. The third-order valence-corrected chi connectivity index (χ3v) is 2.00. The zero-order valence-electron chi connectivity index (χ0n) is 8.87. The first-order valence-electron chi connectivity index (χ1n) is 5.10. The Balaban J connectivity index is 3.21. The summed E-state index contributed by atoms with van der Waals surface area (Å²) in [5.74, 6) is 0. The summed E-state index contributed by atoms with van der Waals surface area (Å²) in [7, 11) is 0. The van der Waals surface area contributed by atoms with Gasteiger partial charge in [0, 0.05) is 5.70 Å². The molecule has 0 aliphatic heterocycles. The lowest BCUT2D eigenvalue weighted by atomic mass is 10.1. The highest BCUT2D eigenvalue weighted by Crippen LogP contribution is 2.09. The lowest BCUT2D eigenvalue weighted by molar-refractivity contribution is 0.559. The van der Waals surface area contributed by atoms with Gasteiger partial charge in [-0.25, -0.2) is 14.6 Å². The minimum absolute atomic E-state index is 0.575. The average molecular weight is 208 g/mol. The fourth-order valence-corrected chi connectivity index (χ4v) is 1.22. The van der Waals surface area contributed by atoms with Crippen LogP contribution >= 0.6 is 0 Å². The van der Waals surface area contributed by atoms with Crippen LogP contribution in [0.1, 0.15) is 38.5 Å². The van der Waals surface area contributed by atoms with Crippen molar-refractivity contribution in [1.29, 1.82) is 0 Å². The molecule has 0 aromatic carbocycles. The van der Waals surface area contributed by atoms with Gasteiger partial charge in [0.05, 0.1) is 6.54 Å². The highest BCUT2D eigenvalue weighted by molar-refractivity contribution is 5.36. The van der Waals surface area contributed by atoms with Crippen LogP contribution < -0.4 is 0 Å². The van der Waals surface area contributed by atoms with Crippen molar-refractivity contribution >= 4 is 12.2 Å². The lowest BCUT2D eigenvalue weighted by Gasteiger charge is -1.99. The van der Waals surface area contributed by atoms with Crippen LogP contribution in [-0.2, 0) is 9.59 Å². The number of isocyanates is 2. The monoisotopic (exact) mass is 208 g/mol. The second-order valence-electron chi connectivity index (χ2n) is 3.26. The van der Waals surface area contributed by atoms with E-state index in [2.05, 4.69) is 16.6 Å². The summed E-state index contributed by atoms with van der Waals surface area (Å²) in [6.45, 7) is 4.19. The maximum absolute atomic E-state index is 9.86. The van der Waals surface area contributed by atoms with Gasteiger partial charge in [-0.3, -0.25) is 0 Å². The maximum Gasteiger partial charge on any atom is 0.240 e. The van der Waals surface area contributed by atoms with Crippen LogP contribution in [0.2, 0.25) is 0 Å². The highest BCUT2D eigenvalue weighted by atomic mass is 16.1.